The number of rotatable bonds is 4. The van der Waals surface area contributed by atoms with Crippen molar-refractivity contribution >= 4 is 17.5 Å². The highest BCUT2D eigenvalue weighted by Gasteiger charge is 2.26. The van der Waals surface area contributed by atoms with Crippen LogP contribution in [-0.2, 0) is 4.79 Å². The minimum atomic E-state index is -0.313. The van der Waals surface area contributed by atoms with E-state index in [2.05, 4.69) is 0 Å². The lowest BCUT2D eigenvalue weighted by molar-refractivity contribution is -0.123. The zero-order chi connectivity index (χ0) is 16.1. The van der Waals surface area contributed by atoms with Crippen LogP contribution in [-0.4, -0.2) is 36.4 Å². The second kappa shape index (κ2) is 6.80. The summed E-state index contributed by atoms with van der Waals surface area (Å²) < 4.78 is 5.19. The van der Waals surface area contributed by atoms with E-state index in [4.69, 9.17) is 21.5 Å². The number of hydrogen-bond donors (Lipinski definition) is 2. The summed E-state index contributed by atoms with van der Waals surface area (Å²) in [7, 11) is 0. The van der Waals surface area contributed by atoms with Crippen molar-refractivity contribution in [3.8, 4) is 11.8 Å². The Morgan fingerprint density at radius 2 is 2.05 bits per heavy atom. The number of amides is 2. The SMILES string of the molecule is N#CCOc1cc(C(=O)N2CCC(C(N)=O)CC2)ccc1N. The molecule has 1 aromatic carbocycles. The number of likely N-dealkylation sites (tertiary alicyclic amines) is 1. The van der Waals surface area contributed by atoms with Gasteiger partial charge in [0.15, 0.2) is 6.61 Å². The lowest BCUT2D eigenvalue weighted by Gasteiger charge is -2.30. The van der Waals surface area contributed by atoms with Gasteiger partial charge in [-0.15, -0.1) is 0 Å². The van der Waals surface area contributed by atoms with Crippen LogP contribution in [0.1, 0.15) is 23.2 Å². The van der Waals surface area contributed by atoms with Gasteiger partial charge in [-0.2, -0.15) is 5.26 Å². The fourth-order valence-corrected chi connectivity index (χ4v) is 2.45. The Balaban J connectivity index is 2.07. The van der Waals surface area contributed by atoms with Gasteiger partial charge in [-0.25, -0.2) is 0 Å². The lowest BCUT2D eigenvalue weighted by Crippen LogP contribution is -2.41. The summed E-state index contributed by atoms with van der Waals surface area (Å²) >= 11 is 0. The maximum absolute atomic E-state index is 12.5. The van der Waals surface area contributed by atoms with Crippen molar-refractivity contribution in [2.24, 2.45) is 11.7 Å². The third-order valence-electron chi connectivity index (χ3n) is 3.74. The number of nitriles is 1. The minimum Gasteiger partial charge on any atom is -0.477 e. The molecule has 1 heterocycles. The molecular formula is C15H18N4O3. The summed E-state index contributed by atoms with van der Waals surface area (Å²) in [4.78, 5) is 25.3. The molecular weight excluding hydrogens is 284 g/mol. The molecule has 1 saturated heterocycles. The van der Waals surface area contributed by atoms with E-state index in [1.165, 1.54) is 6.07 Å². The largest absolute Gasteiger partial charge is 0.477 e. The molecule has 1 fully saturated rings. The molecule has 0 spiro atoms. The Morgan fingerprint density at radius 3 is 2.64 bits per heavy atom. The van der Waals surface area contributed by atoms with Gasteiger partial charge in [-0.3, -0.25) is 9.59 Å². The van der Waals surface area contributed by atoms with Crippen molar-refractivity contribution in [1.29, 1.82) is 5.26 Å². The first kappa shape index (κ1) is 15.6. The average molecular weight is 302 g/mol. The number of piperidine rings is 1. The smallest absolute Gasteiger partial charge is 0.253 e. The van der Waals surface area contributed by atoms with Gasteiger partial charge in [-0.1, -0.05) is 0 Å². The molecule has 2 amide bonds. The minimum absolute atomic E-state index is 0.133. The zero-order valence-electron chi connectivity index (χ0n) is 12.1. The Morgan fingerprint density at radius 1 is 1.36 bits per heavy atom. The van der Waals surface area contributed by atoms with E-state index in [9.17, 15) is 9.59 Å². The third-order valence-corrected chi connectivity index (χ3v) is 3.74. The first-order valence-electron chi connectivity index (χ1n) is 7.00. The van der Waals surface area contributed by atoms with Crippen LogP contribution in [0, 0.1) is 17.2 Å². The van der Waals surface area contributed by atoms with Gasteiger partial charge in [0, 0.05) is 24.6 Å². The molecule has 0 unspecified atom stereocenters. The first-order chi connectivity index (χ1) is 10.5. The van der Waals surface area contributed by atoms with Crippen LogP contribution >= 0.6 is 0 Å². The third kappa shape index (κ3) is 3.47. The Kier molecular flexibility index (Phi) is 4.84. The highest BCUT2D eigenvalue weighted by atomic mass is 16.5. The number of nitrogens with two attached hydrogens (primary N) is 2. The number of carbonyl (C=O) groups is 2. The van der Waals surface area contributed by atoms with E-state index in [0.717, 1.165) is 0 Å². The second-order valence-corrected chi connectivity index (χ2v) is 5.17. The molecule has 0 saturated carbocycles. The maximum Gasteiger partial charge on any atom is 0.253 e. The van der Waals surface area contributed by atoms with Crippen molar-refractivity contribution in [3.05, 3.63) is 23.8 Å². The highest BCUT2D eigenvalue weighted by Crippen LogP contribution is 2.25. The second-order valence-electron chi connectivity index (χ2n) is 5.17. The van der Waals surface area contributed by atoms with Crippen LogP contribution in [0.4, 0.5) is 5.69 Å². The molecule has 0 aromatic heterocycles. The van der Waals surface area contributed by atoms with Crippen LogP contribution in [0.5, 0.6) is 5.75 Å². The molecule has 0 radical (unpaired) electrons. The van der Waals surface area contributed by atoms with Crippen LogP contribution < -0.4 is 16.2 Å². The summed E-state index contributed by atoms with van der Waals surface area (Å²) in [6.45, 7) is 0.849. The van der Waals surface area contributed by atoms with Gasteiger partial charge in [0.2, 0.25) is 5.91 Å². The van der Waals surface area contributed by atoms with Crippen molar-refractivity contribution in [2.75, 3.05) is 25.4 Å². The van der Waals surface area contributed by atoms with Crippen molar-refractivity contribution < 1.29 is 14.3 Å². The average Bonchev–Trinajstić information content (AvgIpc) is 2.53. The summed E-state index contributed by atoms with van der Waals surface area (Å²) in [5.74, 6) is -0.305. The number of anilines is 1. The van der Waals surface area contributed by atoms with Crippen molar-refractivity contribution in [2.45, 2.75) is 12.8 Å². The number of nitrogen functional groups attached to an aromatic ring is 1. The number of nitrogens with zero attached hydrogens (tertiary/aromatic N) is 2. The predicted molar refractivity (Wildman–Crippen MR) is 79.8 cm³/mol. The van der Waals surface area contributed by atoms with E-state index in [1.54, 1.807) is 17.0 Å². The first-order valence-corrected chi connectivity index (χ1v) is 7.00. The number of primary amides is 1. The molecule has 1 aromatic rings. The van der Waals surface area contributed by atoms with Crippen LogP contribution in [0.2, 0.25) is 0 Å². The molecule has 0 bridgehead atoms. The summed E-state index contributed by atoms with van der Waals surface area (Å²) in [6, 6.07) is 6.59. The van der Waals surface area contributed by atoms with Gasteiger partial charge in [0.25, 0.3) is 5.91 Å². The van der Waals surface area contributed by atoms with Gasteiger partial charge in [-0.05, 0) is 31.0 Å². The zero-order valence-corrected chi connectivity index (χ0v) is 12.1. The summed E-state index contributed by atoms with van der Waals surface area (Å²) in [6.07, 6.45) is 1.15. The van der Waals surface area contributed by atoms with Crippen LogP contribution in [0.25, 0.3) is 0 Å². The van der Waals surface area contributed by atoms with Gasteiger partial charge >= 0.3 is 0 Å². The molecule has 116 valence electrons. The topological polar surface area (TPSA) is 122 Å². The van der Waals surface area contributed by atoms with E-state index >= 15 is 0 Å². The Bertz CT molecular complexity index is 616. The molecule has 2 rings (SSSR count). The molecule has 1 aliphatic rings. The quantitative estimate of drug-likeness (QED) is 0.784. The van der Waals surface area contributed by atoms with E-state index in [-0.39, 0.29) is 24.3 Å². The molecule has 7 nitrogen and oxygen atoms in total. The fourth-order valence-electron chi connectivity index (χ4n) is 2.45. The van der Waals surface area contributed by atoms with E-state index < -0.39 is 0 Å². The molecule has 1 aliphatic heterocycles. The normalized spacial score (nSPS) is 15.1. The molecule has 7 heteroatoms. The Hall–Kier alpha value is -2.75. The fraction of sp³-hybridized carbons (Fsp3) is 0.400. The number of benzene rings is 1. The summed E-state index contributed by atoms with van der Waals surface area (Å²) in [5, 5.41) is 8.54. The molecule has 0 atom stereocenters. The number of hydrogen-bond acceptors (Lipinski definition) is 5. The van der Waals surface area contributed by atoms with Gasteiger partial charge in [0.1, 0.15) is 11.8 Å². The van der Waals surface area contributed by atoms with Crippen molar-refractivity contribution in [1.82, 2.24) is 4.90 Å². The van der Waals surface area contributed by atoms with Crippen LogP contribution in [0.15, 0.2) is 18.2 Å². The monoisotopic (exact) mass is 302 g/mol. The Labute approximate surface area is 128 Å². The maximum atomic E-state index is 12.5. The molecule has 0 aliphatic carbocycles. The predicted octanol–water partition coefficient (Wildman–Crippen LogP) is 0.509. The van der Waals surface area contributed by atoms with Gasteiger partial charge < -0.3 is 21.1 Å². The van der Waals surface area contributed by atoms with Gasteiger partial charge in [0.05, 0.1) is 5.69 Å². The standard InChI is InChI=1S/C15H18N4O3/c16-5-8-22-13-9-11(1-2-12(13)17)15(21)19-6-3-10(4-7-19)14(18)20/h1-2,9-10H,3-4,6-8,17H2,(H2,18,20). The summed E-state index contributed by atoms with van der Waals surface area (Å²) in [5.41, 5.74) is 11.9. The van der Waals surface area contributed by atoms with Crippen LogP contribution in [0.3, 0.4) is 0 Å². The lowest BCUT2D eigenvalue weighted by atomic mass is 9.96. The number of carbonyl (C=O) groups excluding carboxylic acids is 2. The van der Waals surface area contributed by atoms with E-state index in [0.29, 0.717) is 42.9 Å². The van der Waals surface area contributed by atoms with Crippen molar-refractivity contribution in [3.63, 3.8) is 0 Å². The van der Waals surface area contributed by atoms with E-state index in [1.807, 2.05) is 6.07 Å². The molecule has 4 N–H and O–H groups in total. The number of ether oxygens (including phenoxy) is 1. The molecule has 22 heavy (non-hydrogen) atoms. The highest BCUT2D eigenvalue weighted by molar-refractivity contribution is 5.95.